The minimum atomic E-state index is -3.38. The van der Waals surface area contributed by atoms with Crippen molar-refractivity contribution in [2.45, 2.75) is 6.92 Å². The third kappa shape index (κ3) is 4.57. The average molecular weight is 362 g/mol. The van der Waals surface area contributed by atoms with Crippen molar-refractivity contribution in [3.63, 3.8) is 0 Å². The molecule has 0 radical (unpaired) electrons. The predicted octanol–water partition coefficient (Wildman–Crippen LogP) is 2.42. The zero-order valence-electron chi connectivity index (χ0n) is 13.8. The number of carbonyl (C=O) groups excluding carboxylic acids is 1. The molecule has 0 saturated carbocycles. The van der Waals surface area contributed by atoms with Crippen LogP contribution in [0.15, 0.2) is 48.5 Å². The van der Waals surface area contributed by atoms with Gasteiger partial charge in [-0.25, -0.2) is 13.2 Å². The van der Waals surface area contributed by atoms with E-state index >= 15 is 0 Å². The molecule has 0 fully saturated rings. The smallest absolute Gasteiger partial charge is 0.335 e. The van der Waals surface area contributed by atoms with E-state index in [4.69, 9.17) is 5.11 Å². The fraction of sp³-hybridized carbons (Fsp3) is 0.176. The number of aromatic carboxylic acids is 1. The molecular formula is C17H18N2O5S. The molecule has 0 aliphatic heterocycles. The lowest BCUT2D eigenvalue weighted by Gasteiger charge is -2.20. The van der Waals surface area contributed by atoms with Crippen molar-refractivity contribution >= 4 is 33.3 Å². The summed E-state index contributed by atoms with van der Waals surface area (Å²) < 4.78 is 24.6. The molecule has 25 heavy (non-hydrogen) atoms. The molecule has 2 aromatic carbocycles. The Morgan fingerprint density at radius 2 is 1.52 bits per heavy atom. The van der Waals surface area contributed by atoms with Crippen molar-refractivity contribution in [1.29, 1.82) is 0 Å². The van der Waals surface area contributed by atoms with Crippen LogP contribution in [-0.2, 0) is 10.0 Å². The molecule has 132 valence electrons. The number of carboxylic acids is 1. The maximum atomic E-state index is 12.2. The van der Waals surface area contributed by atoms with Gasteiger partial charge in [0.2, 0.25) is 10.0 Å². The Bertz CT molecular complexity index is 874. The normalized spacial score (nSPS) is 11.0. The van der Waals surface area contributed by atoms with Crippen molar-refractivity contribution in [2.75, 3.05) is 22.4 Å². The molecule has 0 heterocycles. The average Bonchev–Trinajstić information content (AvgIpc) is 2.55. The third-order valence-corrected chi connectivity index (χ3v) is 4.76. The number of anilines is 2. The Kier molecular flexibility index (Phi) is 5.43. The fourth-order valence-electron chi connectivity index (χ4n) is 2.29. The van der Waals surface area contributed by atoms with E-state index in [1.54, 1.807) is 19.1 Å². The topological polar surface area (TPSA) is 104 Å². The molecule has 2 N–H and O–H groups in total. The van der Waals surface area contributed by atoms with Crippen LogP contribution in [0.5, 0.6) is 0 Å². The Morgan fingerprint density at radius 1 is 1.00 bits per heavy atom. The highest BCUT2D eigenvalue weighted by Crippen LogP contribution is 2.19. The number of carbonyl (C=O) groups is 2. The summed E-state index contributed by atoms with van der Waals surface area (Å²) in [5.74, 6) is -1.42. The zero-order valence-corrected chi connectivity index (χ0v) is 14.6. The van der Waals surface area contributed by atoms with Crippen molar-refractivity contribution in [1.82, 2.24) is 0 Å². The van der Waals surface area contributed by atoms with Gasteiger partial charge in [-0.05, 0) is 55.5 Å². The quantitative estimate of drug-likeness (QED) is 0.821. The number of nitrogens with zero attached hydrogens (tertiary/aromatic N) is 1. The summed E-state index contributed by atoms with van der Waals surface area (Å²) in [6.45, 7) is 2.02. The first kappa shape index (κ1) is 18.5. The first-order valence-electron chi connectivity index (χ1n) is 7.45. The molecule has 0 saturated heterocycles. The van der Waals surface area contributed by atoms with Crippen LogP contribution in [0.4, 0.5) is 11.4 Å². The number of hydrogen-bond acceptors (Lipinski definition) is 4. The standard InChI is InChI=1S/C17H18N2O5S/c1-3-19(25(2,23)24)15-10-6-12(7-11-15)16(20)18-14-8-4-13(5-9-14)17(21)22/h4-11H,3H2,1-2H3,(H,18,20)(H,21,22). The van der Waals surface area contributed by atoms with Gasteiger partial charge in [0.15, 0.2) is 0 Å². The first-order chi connectivity index (χ1) is 11.7. The molecule has 0 bridgehead atoms. The van der Waals surface area contributed by atoms with Crippen LogP contribution >= 0.6 is 0 Å². The van der Waals surface area contributed by atoms with E-state index in [2.05, 4.69) is 5.32 Å². The van der Waals surface area contributed by atoms with E-state index in [0.29, 0.717) is 23.5 Å². The lowest BCUT2D eigenvalue weighted by atomic mass is 10.1. The fourth-order valence-corrected chi connectivity index (χ4v) is 3.26. The SMILES string of the molecule is CCN(c1ccc(C(=O)Nc2ccc(C(=O)O)cc2)cc1)S(C)(=O)=O. The minimum Gasteiger partial charge on any atom is -0.478 e. The van der Waals surface area contributed by atoms with E-state index in [1.165, 1.54) is 40.7 Å². The van der Waals surface area contributed by atoms with Gasteiger partial charge in [-0.15, -0.1) is 0 Å². The Hall–Kier alpha value is -2.87. The number of amides is 1. The molecule has 0 atom stereocenters. The first-order valence-corrected chi connectivity index (χ1v) is 9.29. The second-order valence-corrected chi connectivity index (χ2v) is 7.22. The van der Waals surface area contributed by atoms with Gasteiger partial charge in [0, 0.05) is 17.8 Å². The van der Waals surface area contributed by atoms with Gasteiger partial charge in [0.05, 0.1) is 17.5 Å². The van der Waals surface area contributed by atoms with Crippen LogP contribution in [0.3, 0.4) is 0 Å². The molecular weight excluding hydrogens is 344 g/mol. The van der Waals surface area contributed by atoms with Crippen LogP contribution in [0.25, 0.3) is 0 Å². The number of hydrogen-bond donors (Lipinski definition) is 2. The van der Waals surface area contributed by atoms with Gasteiger partial charge >= 0.3 is 5.97 Å². The summed E-state index contributed by atoms with van der Waals surface area (Å²) in [5.41, 5.74) is 1.43. The second kappa shape index (κ2) is 7.35. The van der Waals surface area contributed by atoms with Gasteiger partial charge in [-0.1, -0.05) is 0 Å². The highest BCUT2D eigenvalue weighted by molar-refractivity contribution is 7.92. The summed E-state index contributed by atoms with van der Waals surface area (Å²) >= 11 is 0. The number of nitrogens with one attached hydrogen (secondary N) is 1. The van der Waals surface area contributed by atoms with Crippen molar-refractivity contribution < 1.29 is 23.1 Å². The van der Waals surface area contributed by atoms with E-state index in [0.717, 1.165) is 6.26 Å². The van der Waals surface area contributed by atoms with E-state index in [1.807, 2.05) is 0 Å². The third-order valence-electron chi connectivity index (χ3n) is 3.49. The molecule has 0 unspecified atom stereocenters. The molecule has 2 rings (SSSR count). The maximum Gasteiger partial charge on any atom is 0.335 e. The second-order valence-electron chi connectivity index (χ2n) is 5.31. The van der Waals surface area contributed by atoms with Crippen molar-refractivity contribution in [3.8, 4) is 0 Å². The van der Waals surface area contributed by atoms with Crippen molar-refractivity contribution in [3.05, 3.63) is 59.7 Å². The highest BCUT2D eigenvalue weighted by atomic mass is 32.2. The van der Waals surface area contributed by atoms with E-state index in [9.17, 15) is 18.0 Å². The van der Waals surface area contributed by atoms with E-state index < -0.39 is 16.0 Å². The molecule has 7 nitrogen and oxygen atoms in total. The molecule has 0 spiro atoms. The van der Waals surface area contributed by atoms with Crippen LogP contribution in [0, 0.1) is 0 Å². The Balaban J connectivity index is 2.13. The molecule has 2 aromatic rings. The molecule has 0 aliphatic rings. The maximum absolute atomic E-state index is 12.2. The molecule has 0 aromatic heterocycles. The Morgan fingerprint density at radius 3 is 1.96 bits per heavy atom. The lowest BCUT2D eigenvalue weighted by molar-refractivity contribution is 0.0696. The number of benzene rings is 2. The largest absolute Gasteiger partial charge is 0.478 e. The van der Waals surface area contributed by atoms with E-state index in [-0.39, 0.29) is 11.5 Å². The van der Waals surface area contributed by atoms with Gasteiger partial charge in [0.1, 0.15) is 0 Å². The summed E-state index contributed by atoms with van der Waals surface area (Å²) in [6, 6.07) is 12.0. The predicted molar refractivity (Wildman–Crippen MR) is 95.7 cm³/mol. The number of carboxylic acid groups (broad SMARTS) is 1. The van der Waals surface area contributed by atoms with Crippen LogP contribution in [-0.4, -0.2) is 38.2 Å². The van der Waals surface area contributed by atoms with Gasteiger partial charge < -0.3 is 10.4 Å². The van der Waals surface area contributed by atoms with Gasteiger partial charge in [-0.3, -0.25) is 9.10 Å². The van der Waals surface area contributed by atoms with Crippen molar-refractivity contribution in [2.24, 2.45) is 0 Å². The summed E-state index contributed by atoms with van der Waals surface area (Å²) in [6.07, 6.45) is 1.12. The molecule has 8 heteroatoms. The van der Waals surface area contributed by atoms with Crippen LogP contribution in [0.2, 0.25) is 0 Å². The van der Waals surface area contributed by atoms with Gasteiger partial charge in [-0.2, -0.15) is 0 Å². The Labute approximate surface area is 146 Å². The molecule has 0 aliphatic carbocycles. The highest BCUT2D eigenvalue weighted by Gasteiger charge is 2.15. The summed E-state index contributed by atoms with van der Waals surface area (Å²) in [4.78, 5) is 23.0. The van der Waals surface area contributed by atoms with Gasteiger partial charge in [0.25, 0.3) is 5.91 Å². The molecule has 1 amide bonds. The summed E-state index contributed by atoms with van der Waals surface area (Å²) in [5, 5.41) is 11.5. The minimum absolute atomic E-state index is 0.128. The summed E-state index contributed by atoms with van der Waals surface area (Å²) in [7, 11) is -3.38. The monoisotopic (exact) mass is 362 g/mol. The van der Waals surface area contributed by atoms with Crippen LogP contribution in [0.1, 0.15) is 27.6 Å². The zero-order chi connectivity index (χ0) is 18.6. The number of sulfonamides is 1. The van der Waals surface area contributed by atoms with Crippen LogP contribution < -0.4 is 9.62 Å². The lowest BCUT2D eigenvalue weighted by Crippen LogP contribution is -2.29. The number of rotatable bonds is 6.